The van der Waals surface area contributed by atoms with Gasteiger partial charge in [-0.3, -0.25) is 4.90 Å². The zero-order chi connectivity index (χ0) is 38.4. The van der Waals surface area contributed by atoms with Crippen LogP contribution in [0, 0.1) is 0 Å². The summed E-state index contributed by atoms with van der Waals surface area (Å²) in [5.74, 6) is 1.80. The summed E-state index contributed by atoms with van der Waals surface area (Å²) >= 11 is 31.2. The highest BCUT2D eigenvalue weighted by molar-refractivity contribution is 9.09. The standard InChI is InChI=1S/C20H21Cl2N3OS.C10H10BrNOS.C10H12Cl2N2.ClH/c21-16-3-1-4-18(20(16)22)25-10-8-24(9-11-25)7-2-12-26-15-5-6-19-17(13-15)23-14-27-19;11-4-1-5-13-8-2-3-10-9(6-8)12-7-14-10;11-8-2-1-3-9(10(8)12)14-6-4-13-5-7-14;/h1,3-6,13-14H,2,7-12H2;2-3,6-7H,1,4-5H2;1-3,13H,4-7H2;1H. The number of aromatic nitrogens is 2. The maximum Gasteiger partial charge on any atom is 0.121 e. The number of rotatable bonds is 11. The summed E-state index contributed by atoms with van der Waals surface area (Å²) in [6.45, 7) is 10.4. The smallest absolute Gasteiger partial charge is 0.121 e. The number of nitrogens with zero attached hydrogens (tertiary/aromatic N) is 5. The fourth-order valence-electron chi connectivity index (χ4n) is 6.17. The van der Waals surface area contributed by atoms with E-state index in [1.807, 2.05) is 71.7 Å². The van der Waals surface area contributed by atoms with E-state index >= 15 is 0 Å². The van der Waals surface area contributed by atoms with Crippen molar-refractivity contribution in [2.24, 2.45) is 0 Å². The first kappa shape index (κ1) is 44.8. The Morgan fingerprint density at radius 2 is 1.14 bits per heavy atom. The molecule has 0 radical (unpaired) electrons. The zero-order valence-electron chi connectivity index (χ0n) is 30.6. The summed E-state index contributed by atoms with van der Waals surface area (Å²) in [5.41, 5.74) is 7.82. The summed E-state index contributed by atoms with van der Waals surface area (Å²) in [5, 5.41) is 6.84. The number of piperazine rings is 2. The number of benzene rings is 4. The minimum atomic E-state index is 0. The Labute approximate surface area is 371 Å². The molecule has 0 spiro atoms. The molecule has 2 fully saturated rings. The second-order valence-corrected chi connectivity index (χ2v) is 16.9. The fourth-order valence-corrected chi connectivity index (χ4v) is 8.55. The summed E-state index contributed by atoms with van der Waals surface area (Å²) in [7, 11) is 0. The van der Waals surface area contributed by atoms with Crippen molar-refractivity contribution in [3.63, 3.8) is 0 Å². The van der Waals surface area contributed by atoms with Crippen LogP contribution in [0.15, 0.2) is 83.8 Å². The fraction of sp³-hybridized carbons (Fsp3) is 0.350. The minimum absolute atomic E-state index is 0. The molecule has 300 valence electrons. The lowest BCUT2D eigenvalue weighted by atomic mass is 10.2. The maximum absolute atomic E-state index is 6.35. The summed E-state index contributed by atoms with van der Waals surface area (Å²) in [6, 6.07) is 23.7. The van der Waals surface area contributed by atoms with E-state index in [0.717, 1.165) is 124 Å². The van der Waals surface area contributed by atoms with E-state index < -0.39 is 0 Å². The van der Waals surface area contributed by atoms with Gasteiger partial charge in [-0.05, 0) is 61.4 Å². The van der Waals surface area contributed by atoms with Crippen LogP contribution < -0.4 is 24.6 Å². The average Bonchev–Trinajstić information content (AvgIpc) is 3.89. The van der Waals surface area contributed by atoms with Crippen molar-refractivity contribution in [3.8, 4) is 11.5 Å². The highest BCUT2D eigenvalue weighted by atomic mass is 79.9. The summed E-state index contributed by atoms with van der Waals surface area (Å²) in [6.07, 6.45) is 2.03. The van der Waals surface area contributed by atoms with Crippen LogP contribution in [0.4, 0.5) is 11.4 Å². The molecule has 16 heteroatoms. The SMILES string of the molecule is BrCCCOc1ccc2scnc2c1.Cl.Clc1cccc(N2CCN(CCCOc3ccc4scnc4c3)CC2)c1Cl.Clc1cccc(N2CCNCC2)c1Cl. The van der Waals surface area contributed by atoms with Gasteiger partial charge in [-0.25, -0.2) is 9.97 Å². The third kappa shape index (κ3) is 12.9. The molecule has 4 aromatic carbocycles. The maximum atomic E-state index is 6.35. The van der Waals surface area contributed by atoms with Gasteiger partial charge in [0.2, 0.25) is 0 Å². The van der Waals surface area contributed by atoms with Gasteiger partial charge >= 0.3 is 0 Å². The van der Waals surface area contributed by atoms with Gasteiger partial charge in [-0.2, -0.15) is 0 Å². The van der Waals surface area contributed by atoms with Gasteiger partial charge < -0.3 is 24.6 Å². The third-order valence-corrected chi connectivity index (χ3v) is 12.9. The molecule has 8 nitrogen and oxygen atoms in total. The van der Waals surface area contributed by atoms with E-state index in [4.69, 9.17) is 55.9 Å². The molecule has 56 heavy (non-hydrogen) atoms. The van der Waals surface area contributed by atoms with E-state index in [1.54, 1.807) is 22.7 Å². The lowest BCUT2D eigenvalue weighted by Gasteiger charge is -2.36. The number of ether oxygens (including phenoxy) is 2. The Balaban J connectivity index is 0.000000175. The number of alkyl halides is 1. The molecule has 2 aliphatic heterocycles. The molecule has 0 bridgehead atoms. The van der Waals surface area contributed by atoms with Crippen molar-refractivity contribution >= 4 is 129 Å². The molecule has 0 atom stereocenters. The predicted molar refractivity (Wildman–Crippen MR) is 247 cm³/mol. The van der Waals surface area contributed by atoms with Crippen LogP contribution in [0.5, 0.6) is 11.5 Å². The van der Waals surface area contributed by atoms with Crippen LogP contribution in [-0.2, 0) is 0 Å². The monoisotopic (exact) mass is 958 g/mol. The molecule has 0 aliphatic carbocycles. The van der Waals surface area contributed by atoms with Gasteiger partial charge in [0.05, 0.1) is 76.1 Å². The van der Waals surface area contributed by atoms with E-state index in [0.29, 0.717) is 20.1 Å². The lowest BCUT2D eigenvalue weighted by molar-refractivity contribution is 0.225. The third-order valence-electron chi connectivity index (χ3n) is 9.07. The Kier molecular flexibility index (Phi) is 18.7. The Hall–Kier alpha value is -2.29. The average molecular weight is 962 g/mol. The molecule has 0 amide bonds. The molecule has 1 N–H and O–H groups in total. The van der Waals surface area contributed by atoms with E-state index in [-0.39, 0.29) is 12.4 Å². The van der Waals surface area contributed by atoms with Crippen LogP contribution in [0.2, 0.25) is 20.1 Å². The highest BCUT2D eigenvalue weighted by Crippen LogP contribution is 2.34. The van der Waals surface area contributed by atoms with Crippen LogP contribution in [0.25, 0.3) is 20.4 Å². The number of hydrogen-bond donors (Lipinski definition) is 1. The predicted octanol–water partition coefficient (Wildman–Crippen LogP) is 11.5. The molecule has 0 unspecified atom stereocenters. The van der Waals surface area contributed by atoms with E-state index in [9.17, 15) is 0 Å². The van der Waals surface area contributed by atoms with Gasteiger partial charge in [0.25, 0.3) is 0 Å². The van der Waals surface area contributed by atoms with E-state index in [2.05, 4.69) is 58.0 Å². The van der Waals surface area contributed by atoms with Crippen LogP contribution in [0.1, 0.15) is 12.8 Å². The van der Waals surface area contributed by atoms with Gasteiger partial charge in [-0.1, -0.05) is 74.5 Å². The molecule has 0 saturated carbocycles. The van der Waals surface area contributed by atoms with Crippen LogP contribution in [-0.4, -0.2) is 92.3 Å². The molecule has 2 aliphatic rings. The number of fused-ring (bicyclic) bond motifs is 2. The summed E-state index contributed by atoms with van der Waals surface area (Å²) in [4.78, 5) is 15.6. The summed E-state index contributed by atoms with van der Waals surface area (Å²) < 4.78 is 13.8. The number of anilines is 2. The number of nitrogens with one attached hydrogen (secondary N) is 1. The first-order valence-electron chi connectivity index (χ1n) is 18.2. The van der Waals surface area contributed by atoms with Crippen molar-refractivity contribution in [2.75, 3.05) is 87.2 Å². The van der Waals surface area contributed by atoms with Crippen molar-refractivity contribution < 1.29 is 9.47 Å². The molecule has 8 rings (SSSR count). The Morgan fingerprint density at radius 1 is 0.643 bits per heavy atom. The van der Waals surface area contributed by atoms with Gasteiger partial charge in [-0.15, -0.1) is 35.1 Å². The number of hydrogen-bond acceptors (Lipinski definition) is 10. The number of thiazole rings is 2. The van der Waals surface area contributed by atoms with Crippen LogP contribution >= 0.6 is 97.4 Å². The zero-order valence-corrected chi connectivity index (χ0v) is 37.7. The minimum Gasteiger partial charge on any atom is -0.493 e. The van der Waals surface area contributed by atoms with Gasteiger partial charge in [0.1, 0.15) is 11.5 Å². The molecule has 6 aromatic rings. The highest BCUT2D eigenvalue weighted by Gasteiger charge is 2.19. The number of halogens is 6. The van der Waals surface area contributed by atoms with Crippen molar-refractivity contribution in [1.29, 1.82) is 0 Å². The van der Waals surface area contributed by atoms with Crippen LogP contribution in [0.3, 0.4) is 0 Å². The Bertz CT molecular complexity index is 2100. The molecule has 2 aromatic heterocycles. The van der Waals surface area contributed by atoms with Crippen molar-refractivity contribution in [1.82, 2.24) is 20.2 Å². The largest absolute Gasteiger partial charge is 0.493 e. The lowest BCUT2D eigenvalue weighted by Crippen LogP contribution is -2.46. The van der Waals surface area contributed by atoms with Crippen molar-refractivity contribution in [3.05, 3.63) is 104 Å². The molecular formula is C40H44BrCl5N6O2S2. The Morgan fingerprint density at radius 3 is 1.66 bits per heavy atom. The first-order valence-corrected chi connectivity index (χ1v) is 22.6. The second kappa shape index (κ2) is 23.3. The van der Waals surface area contributed by atoms with Gasteiger partial charge in [0, 0.05) is 76.4 Å². The van der Waals surface area contributed by atoms with Crippen molar-refractivity contribution in [2.45, 2.75) is 12.8 Å². The topological polar surface area (TPSA) is 66.0 Å². The quantitative estimate of drug-likeness (QED) is 0.102. The molecular weight excluding hydrogens is 918 g/mol. The molecule has 4 heterocycles. The first-order chi connectivity index (χ1) is 26.9. The second-order valence-electron chi connectivity index (χ2n) is 12.8. The van der Waals surface area contributed by atoms with E-state index in [1.165, 1.54) is 9.40 Å². The normalized spacial score (nSPS) is 14.4. The molecule has 2 saturated heterocycles. The van der Waals surface area contributed by atoms with Gasteiger partial charge in [0.15, 0.2) is 0 Å².